The Balaban J connectivity index is 1.22. The minimum atomic E-state index is -0.433. The highest BCUT2D eigenvalue weighted by molar-refractivity contribution is 6.30. The maximum atomic E-state index is 12.1. The van der Waals surface area contributed by atoms with Gasteiger partial charge in [-0.25, -0.2) is 14.8 Å². The van der Waals surface area contributed by atoms with Gasteiger partial charge in [0, 0.05) is 39.4 Å². The third-order valence-corrected chi connectivity index (χ3v) is 6.22. The molecule has 3 rings (SSSR count). The van der Waals surface area contributed by atoms with Gasteiger partial charge in [-0.15, -0.1) is 0 Å². The zero-order chi connectivity index (χ0) is 22.3. The fraction of sp³-hybridized carbons (Fsp3) is 0.783. The van der Waals surface area contributed by atoms with Crippen molar-refractivity contribution in [2.75, 3.05) is 44.3 Å². The van der Waals surface area contributed by atoms with Gasteiger partial charge in [-0.3, -0.25) is 0 Å². The first kappa shape index (κ1) is 24.1. The van der Waals surface area contributed by atoms with Crippen LogP contribution in [0.15, 0.2) is 12.4 Å². The summed E-state index contributed by atoms with van der Waals surface area (Å²) in [5, 5.41) is 0.576. The molecule has 0 unspecified atom stereocenters. The zero-order valence-corrected chi connectivity index (χ0v) is 19.9. The van der Waals surface area contributed by atoms with E-state index >= 15 is 0 Å². The Kier molecular flexibility index (Phi) is 8.78. The van der Waals surface area contributed by atoms with Crippen molar-refractivity contribution in [1.29, 1.82) is 0 Å². The van der Waals surface area contributed by atoms with E-state index in [-0.39, 0.29) is 6.09 Å². The molecule has 0 saturated carbocycles. The van der Waals surface area contributed by atoms with Crippen molar-refractivity contribution in [2.45, 2.75) is 64.9 Å². The van der Waals surface area contributed by atoms with Crippen molar-refractivity contribution < 1.29 is 14.3 Å². The Bertz CT molecular complexity index is 679. The monoisotopic (exact) mass is 452 g/mol. The number of aromatic nitrogens is 2. The van der Waals surface area contributed by atoms with E-state index in [1.807, 2.05) is 25.7 Å². The molecule has 2 saturated heterocycles. The maximum Gasteiger partial charge on any atom is 0.410 e. The number of anilines is 1. The van der Waals surface area contributed by atoms with Gasteiger partial charge < -0.3 is 19.3 Å². The molecule has 7 nitrogen and oxygen atoms in total. The fourth-order valence-corrected chi connectivity index (χ4v) is 4.32. The van der Waals surface area contributed by atoms with Crippen molar-refractivity contribution in [3.8, 4) is 0 Å². The van der Waals surface area contributed by atoms with Crippen LogP contribution in [-0.4, -0.2) is 66.0 Å². The van der Waals surface area contributed by atoms with Crippen LogP contribution in [0.25, 0.3) is 0 Å². The average molecular weight is 453 g/mol. The quantitative estimate of drug-likeness (QED) is 0.554. The van der Waals surface area contributed by atoms with Crippen molar-refractivity contribution >= 4 is 23.6 Å². The number of rotatable bonds is 7. The molecule has 3 heterocycles. The first-order chi connectivity index (χ1) is 14.8. The molecule has 8 heteroatoms. The Morgan fingerprint density at radius 3 is 2.29 bits per heavy atom. The molecule has 1 aromatic rings. The fourth-order valence-electron chi connectivity index (χ4n) is 4.22. The molecule has 0 bridgehead atoms. The Hall–Kier alpha value is -1.60. The molecule has 1 amide bonds. The maximum absolute atomic E-state index is 12.1. The lowest BCUT2D eigenvalue weighted by atomic mass is 9.92. The van der Waals surface area contributed by atoms with E-state index in [1.165, 1.54) is 19.3 Å². The SMILES string of the molecule is CC(C)(C)OC(=O)N1CCC(COCCCC2CCN(c3ncc(Cl)cn3)CC2)CC1. The highest BCUT2D eigenvalue weighted by atomic mass is 35.5. The molecule has 1 aromatic heterocycles. The number of halogens is 1. The van der Waals surface area contributed by atoms with Gasteiger partial charge in [0.25, 0.3) is 0 Å². The van der Waals surface area contributed by atoms with Crippen LogP contribution in [0.1, 0.15) is 59.3 Å². The van der Waals surface area contributed by atoms with Crippen LogP contribution in [0.2, 0.25) is 5.02 Å². The van der Waals surface area contributed by atoms with E-state index < -0.39 is 5.60 Å². The molecule has 0 aromatic carbocycles. The number of likely N-dealkylation sites (tertiary alicyclic amines) is 1. The lowest BCUT2D eigenvalue weighted by Gasteiger charge is -2.33. The number of carbonyl (C=O) groups is 1. The molecule has 0 spiro atoms. The number of hydrogen-bond acceptors (Lipinski definition) is 6. The lowest BCUT2D eigenvalue weighted by Crippen LogP contribution is -2.42. The number of nitrogens with zero attached hydrogens (tertiary/aromatic N) is 4. The Labute approximate surface area is 191 Å². The molecule has 0 atom stereocenters. The summed E-state index contributed by atoms with van der Waals surface area (Å²) in [6, 6.07) is 0. The van der Waals surface area contributed by atoms with E-state index in [2.05, 4.69) is 14.9 Å². The van der Waals surface area contributed by atoms with E-state index in [1.54, 1.807) is 12.4 Å². The van der Waals surface area contributed by atoms with Crippen molar-refractivity contribution in [1.82, 2.24) is 14.9 Å². The average Bonchev–Trinajstić information content (AvgIpc) is 2.74. The number of piperidine rings is 2. The second-order valence-corrected chi connectivity index (χ2v) is 10.2. The summed E-state index contributed by atoms with van der Waals surface area (Å²) in [5.41, 5.74) is -0.433. The largest absolute Gasteiger partial charge is 0.444 e. The third-order valence-electron chi connectivity index (χ3n) is 6.02. The molecule has 2 aliphatic heterocycles. The standard InChI is InChI=1S/C23H37ClN4O3/c1-23(2,3)31-22(29)28-12-8-19(9-13-28)17-30-14-4-5-18-6-10-27(11-7-18)21-25-15-20(24)16-26-21/h15-16,18-19H,4-14,17H2,1-3H3. The third kappa shape index (κ3) is 8.11. The van der Waals surface area contributed by atoms with Crippen LogP contribution in [0.4, 0.5) is 10.7 Å². The van der Waals surface area contributed by atoms with Gasteiger partial charge in [0.2, 0.25) is 5.95 Å². The molecule has 2 aliphatic rings. The summed E-state index contributed by atoms with van der Waals surface area (Å²) in [4.78, 5) is 24.9. The first-order valence-corrected chi connectivity index (χ1v) is 12.0. The zero-order valence-electron chi connectivity index (χ0n) is 19.2. The summed E-state index contributed by atoms with van der Waals surface area (Å²) < 4.78 is 11.4. The molecule has 0 N–H and O–H groups in total. The van der Waals surface area contributed by atoms with Gasteiger partial charge in [0.1, 0.15) is 5.60 Å². The minimum absolute atomic E-state index is 0.194. The number of amides is 1. The first-order valence-electron chi connectivity index (χ1n) is 11.6. The van der Waals surface area contributed by atoms with Crippen molar-refractivity contribution in [2.24, 2.45) is 11.8 Å². The summed E-state index contributed by atoms with van der Waals surface area (Å²) in [6.45, 7) is 10.9. The molecule has 31 heavy (non-hydrogen) atoms. The second-order valence-electron chi connectivity index (χ2n) is 9.76. The predicted octanol–water partition coefficient (Wildman–Crippen LogP) is 4.79. The van der Waals surface area contributed by atoms with Crippen LogP contribution >= 0.6 is 11.6 Å². The molecule has 0 aliphatic carbocycles. The summed E-state index contributed by atoms with van der Waals surface area (Å²) in [5.74, 6) is 2.08. The summed E-state index contributed by atoms with van der Waals surface area (Å²) >= 11 is 5.87. The number of carbonyl (C=O) groups excluding carboxylic acids is 1. The summed E-state index contributed by atoms with van der Waals surface area (Å²) in [7, 11) is 0. The predicted molar refractivity (Wildman–Crippen MR) is 123 cm³/mol. The highest BCUT2D eigenvalue weighted by Crippen LogP contribution is 2.25. The Morgan fingerprint density at radius 2 is 1.68 bits per heavy atom. The van der Waals surface area contributed by atoms with Gasteiger partial charge in [-0.1, -0.05) is 11.6 Å². The molecule has 174 valence electrons. The number of ether oxygens (including phenoxy) is 2. The number of hydrogen-bond donors (Lipinski definition) is 0. The van der Waals surface area contributed by atoms with E-state index in [0.717, 1.165) is 70.5 Å². The van der Waals surface area contributed by atoms with Gasteiger partial charge in [0.05, 0.1) is 17.4 Å². The minimum Gasteiger partial charge on any atom is -0.444 e. The van der Waals surface area contributed by atoms with Crippen molar-refractivity contribution in [3.63, 3.8) is 0 Å². The second kappa shape index (κ2) is 11.3. The van der Waals surface area contributed by atoms with Gasteiger partial charge in [-0.2, -0.15) is 0 Å². The van der Waals surface area contributed by atoms with Crippen LogP contribution in [0.5, 0.6) is 0 Å². The Morgan fingerprint density at radius 1 is 1.06 bits per heavy atom. The molecular weight excluding hydrogens is 416 g/mol. The van der Waals surface area contributed by atoms with Crippen molar-refractivity contribution in [3.05, 3.63) is 17.4 Å². The molecule has 0 radical (unpaired) electrons. The lowest BCUT2D eigenvalue weighted by molar-refractivity contribution is 0.0114. The van der Waals surface area contributed by atoms with Gasteiger partial charge in [0.15, 0.2) is 0 Å². The smallest absolute Gasteiger partial charge is 0.410 e. The van der Waals surface area contributed by atoms with Gasteiger partial charge in [-0.05, 0) is 71.1 Å². The van der Waals surface area contributed by atoms with Crippen LogP contribution in [0, 0.1) is 11.8 Å². The highest BCUT2D eigenvalue weighted by Gasteiger charge is 2.27. The van der Waals surface area contributed by atoms with Crippen LogP contribution in [-0.2, 0) is 9.47 Å². The van der Waals surface area contributed by atoms with Gasteiger partial charge >= 0.3 is 6.09 Å². The van der Waals surface area contributed by atoms with Crippen LogP contribution in [0.3, 0.4) is 0 Å². The van der Waals surface area contributed by atoms with E-state index in [0.29, 0.717) is 10.9 Å². The topological polar surface area (TPSA) is 67.8 Å². The van der Waals surface area contributed by atoms with E-state index in [4.69, 9.17) is 21.1 Å². The van der Waals surface area contributed by atoms with Crippen LogP contribution < -0.4 is 4.90 Å². The molecular formula is C23H37ClN4O3. The van der Waals surface area contributed by atoms with E-state index in [9.17, 15) is 4.79 Å². The summed E-state index contributed by atoms with van der Waals surface area (Å²) in [6.07, 6.45) is 9.79. The normalized spacial score (nSPS) is 19.0. The molecule has 2 fully saturated rings.